The predicted molar refractivity (Wildman–Crippen MR) is 133 cm³/mol. The van der Waals surface area contributed by atoms with E-state index in [-0.39, 0.29) is 0 Å². The quantitative estimate of drug-likeness (QED) is 0.450. The van der Waals surface area contributed by atoms with Gasteiger partial charge in [-0.15, -0.1) is 0 Å². The summed E-state index contributed by atoms with van der Waals surface area (Å²) in [7, 11) is 26.8. The zero-order chi connectivity index (χ0) is 23.6. The van der Waals surface area contributed by atoms with Crippen molar-refractivity contribution in [3.05, 3.63) is 73.6 Å². The number of nitrogens with zero attached hydrogens (tertiary/aromatic N) is 6. The van der Waals surface area contributed by atoms with Gasteiger partial charge in [0.05, 0.1) is 0 Å². The minimum atomic E-state index is -1.62. The van der Waals surface area contributed by atoms with Gasteiger partial charge in [0.1, 0.15) is 0 Å². The van der Waals surface area contributed by atoms with Gasteiger partial charge in [-0.05, 0) is 36.4 Å². The third-order valence-electron chi connectivity index (χ3n) is 3.54. The summed E-state index contributed by atoms with van der Waals surface area (Å²) in [5.41, 5.74) is 3.56. The second-order valence-electron chi connectivity index (χ2n) is 6.47. The summed E-state index contributed by atoms with van der Waals surface area (Å²) in [6.07, 6.45) is 10.7. The normalized spacial score (nSPS) is 9.10. The molecule has 171 valence electrons. The van der Waals surface area contributed by atoms with E-state index in [0.29, 0.717) is 0 Å². The van der Waals surface area contributed by atoms with E-state index in [1.54, 1.807) is 37.2 Å². The van der Waals surface area contributed by atoms with Crippen LogP contribution in [0.4, 0.5) is 17.1 Å². The van der Waals surface area contributed by atoms with E-state index in [1.807, 2.05) is 93.4 Å². The second kappa shape index (κ2) is 17.9. The second-order valence-corrected chi connectivity index (χ2v) is 12.8. The van der Waals surface area contributed by atoms with Gasteiger partial charge in [0, 0.05) is 96.5 Å². The maximum atomic E-state index is 4.93. The van der Waals surface area contributed by atoms with E-state index < -0.39 is 11.4 Å². The summed E-state index contributed by atoms with van der Waals surface area (Å²) in [6.45, 7) is 0. The molecule has 0 amide bonds. The number of anilines is 3. The summed E-state index contributed by atoms with van der Waals surface area (Å²) >= 11 is -1.62. The number of pyridine rings is 3. The fraction of sp³-hybridized carbons (Fsp3) is 0.286. The first-order valence-corrected chi connectivity index (χ1v) is 14.4. The molecule has 31 heavy (non-hydrogen) atoms. The number of rotatable bonds is 3. The molecule has 0 atom stereocenters. The van der Waals surface area contributed by atoms with Gasteiger partial charge in [-0.25, -0.2) is 0 Å². The van der Waals surface area contributed by atoms with E-state index in [0.717, 1.165) is 0 Å². The molecule has 10 heteroatoms. The Balaban J connectivity index is 0.000000402. The maximum absolute atomic E-state index is 4.93. The third-order valence-corrected chi connectivity index (χ3v) is 3.54. The summed E-state index contributed by atoms with van der Waals surface area (Å²) in [4.78, 5) is 17.8. The molecule has 6 nitrogen and oxygen atoms in total. The standard InChI is InChI=1S/3C7H10N2.3ClH.Cr/c3*1-9(2)7-3-5-8-6-4-7;;;;/h3*3-6H,1-2H3;3*1H;/q;;;;;;+3/p-3. The van der Waals surface area contributed by atoms with Crippen LogP contribution < -0.4 is 14.7 Å². The van der Waals surface area contributed by atoms with Gasteiger partial charge in [0.15, 0.2) is 0 Å². The Hall–Kier alpha value is -1.75. The minimum absolute atomic E-state index is 1.19. The first-order valence-electron chi connectivity index (χ1n) is 9.10. The Bertz CT molecular complexity index is 673. The monoisotopic (exact) mass is 523 g/mol. The fourth-order valence-corrected chi connectivity index (χ4v) is 1.93. The van der Waals surface area contributed by atoms with Crippen molar-refractivity contribution >= 4 is 47.2 Å². The van der Waals surface area contributed by atoms with E-state index in [9.17, 15) is 0 Å². The number of hydrogen-bond acceptors (Lipinski definition) is 6. The van der Waals surface area contributed by atoms with E-state index >= 15 is 0 Å². The van der Waals surface area contributed by atoms with Crippen molar-refractivity contribution in [2.45, 2.75) is 0 Å². The van der Waals surface area contributed by atoms with Crippen LogP contribution in [0.5, 0.6) is 0 Å². The van der Waals surface area contributed by atoms with Crippen LogP contribution in [0.1, 0.15) is 0 Å². The van der Waals surface area contributed by atoms with Crippen LogP contribution in [-0.2, 0) is 11.4 Å². The van der Waals surface area contributed by atoms with E-state index in [1.165, 1.54) is 17.1 Å². The molecule has 0 radical (unpaired) electrons. The molecular formula is C21H30Cl3CrN6. The van der Waals surface area contributed by atoms with Gasteiger partial charge in [-0.1, -0.05) is 0 Å². The molecule has 0 saturated heterocycles. The van der Waals surface area contributed by atoms with Crippen LogP contribution in [0.2, 0.25) is 0 Å². The van der Waals surface area contributed by atoms with Gasteiger partial charge in [0.25, 0.3) is 0 Å². The third kappa shape index (κ3) is 16.6. The molecule has 3 rings (SSSR count). The van der Waals surface area contributed by atoms with Gasteiger partial charge in [-0.3, -0.25) is 15.0 Å². The van der Waals surface area contributed by atoms with Gasteiger partial charge >= 0.3 is 41.5 Å². The van der Waals surface area contributed by atoms with E-state index in [2.05, 4.69) is 15.0 Å². The molecule has 3 aromatic rings. The first-order chi connectivity index (χ1) is 14.6. The predicted octanol–water partition coefficient (Wildman–Crippen LogP) is 5.51. The Kier molecular flexibility index (Phi) is 16.9. The molecule has 0 spiro atoms. The van der Waals surface area contributed by atoms with Crippen LogP contribution in [-0.4, -0.2) is 57.2 Å². The molecule has 0 aromatic carbocycles. The van der Waals surface area contributed by atoms with Crippen molar-refractivity contribution in [1.29, 1.82) is 0 Å². The van der Waals surface area contributed by atoms with Crippen LogP contribution >= 0.6 is 30.1 Å². The molecule has 0 N–H and O–H groups in total. The summed E-state index contributed by atoms with van der Waals surface area (Å²) < 4.78 is 0. The Labute approximate surface area is 203 Å². The number of aromatic nitrogens is 3. The zero-order valence-corrected chi connectivity index (χ0v) is 22.2. The SMILES string of the molecule is CN(C)c1ccncc1.CN(C)c1ccncc1.CN(C)c1ccncc1.[Cl][Cr]([Cl])[Cl]. The van der Waals surface area contributed by atoms with Crippen molar-refractivity contribution in [2.24, 2.45) is 0 Å². The summed E-state index contributed by atoms with van der Waals surface area (Å²) in [5.74, 6) is 0. The molecule has 0 aliphatic carbocycles. The van der Waals surface area contributed by atoms with Crippen molar-refractivity contribution in [3.63, 3.8) is 0 Å². The Morgan fingerprint density at radius 1 is 0.484 bits per heavy atom. The molecule has 0 aliphatic heterocycles. The van der Waals surface area contributed by atoms with Gasteiger partial charge in [0.2, 0.25) is 0 Å². The van der Waals surface area contributed by atoms with Gasteiger partial charge < -0.3 is 14.7 Å². The first kappa shape index (κ1) is 29.3. The molecule has 0 bridgehead atoms. The van der Waals surface area contributed by atoms with Crippen molar-refractivity contribution in [1.82, 2.24) is 15.0 Å². The number of halogens is 3. The van der Waals surface area contributed by atoms with Crippen LogP contribution in [0.3, 0.4) is 0 Å². The summed E-state index contributed by atoms with van der Waals surface area (Å²) in [5, 5.41) is 0. The molecule has 0 saturated carbocycles. The zero-order valence-electron chi connectivity index (χ0n) is 18.7. The Morgan fingerprint density at radius 3 is 0.742 bits per heavy atom. The average molecular weight is 525 g/mol. The molecule has 3 heterocycles. The topological polar surface area (TPSA) is 48.4 Å². The molecule has 0 aliphatic rings. The van der Waals surface area contributed by atoms with Crippen LogP contribution in [0.15, 0.2) is 73.6 Å². The molecule has 0 fully saturated rings. The molecular weight excluding hydrogens is 495 g/mol. The fourth-order valence-electron chi connectivity index (χ4n) is 1.93. The Morgan fingerprint density at radius 2 is 0.645 bits per heavy atom. The van der Waals surface area contributed by atoms with Crippen LogP contribution in [0.25, 0.3) is 0 Å². The average Bonchev–Trinajstić information content (AvgIpc) is 2.76. The van der Waals surface area contributed by atoms with Crippen LogP contribution in [0, 0.1) is 0 Å². The molecule has 0 unspecified atom stereocenters. The summed E-state index contributed by atoms with van der Waals surface area (Å²) in [6, 6.07) is 11.8. The molecule has 3 aromatic heterocycles. The van der Waals surface area contributed by atoms with Crippen molar-refractivity contribution in [2.75, 3.05) is 57.0 Å². The van der Waals surface area contributed by atoms with E-state index in [4.69, 9.17) is 30.1 Å². The van der Waals surface area contributed by atoms with Crippen molar-refractivity contribution < 1.29 is 11.4 Å². The number of hydrogen-bond donors (Lipinski definition) is 0. The van der Waals surface area contributed by atoms with Gasteiger partial charge in [-0.2, -0.15) is 0 Å². The van der Waals surface area contributed by atoms with Crippen molar-refractivity contribution in [3.8, 4) is 0 Å².